The lowest BCUT2D eigenvalue weighted by atomic mass is 9.92. The molecular formula is C17H12F2N2O3. The van der Waals surface area contributed by atoms with Crippen LogP contribution in [-0.2, 0) is 4.79 Å². The van der Waals surface area contributed by atoms with E-state index in [0.29, 0.717) is 5.56 Å². The minimum absolute atomic E-state index is 0.157. The Morgan fingerprint density at radius 1 is 1.25 bits per heavy atom. The zero-order valence-corrected chi connectivity index (χ0v) is 12.3. The lowest BCUT2D eigenvalue weighted by Crippen LogP contribution is -2.09. The van der Waals surface area contributed by atoms with Crippen molar-refractivity contribution in [3.63, 3.8) is 0 Å². The highest BCUT2D eigenvalue weighted by Gasteiger charge is 2.23. The van der Waals surface area contributed by atoms with Crippen LogP contribution in [0.25, 0.3) is 11.1 Å². The van der Waals surface area contributed by atoms with E-state index in [4.69, 9.17) is 9.52 Å². The molecule has 5 nitrogen and oxygen atoms in total. The largest absolute Gasteiger partial charge is 0.481 e. The summed E-state index contributed by atoms with van der Waals surface area (Å²) in [5, 5.41) is 9.11. The molecular weight excluding hydrogens is 318 g/mol. The topological polar surface area (TPSA) is 76.2 Å². The maximum absolute atomic E-state index is 14.0. The number of carboxylic acid groups (broad SMARTS) is 1. The maximum Gasteiger partial charge on any atom is 0.304 e. The van der Waals surface area contributed by atoms with Crippen molar-refractivity contribution >= 4 is 5.97 Å². The zero-order valence-electron chi connectivity index (χ0n) is 12.3. The highest BCUT2D eigenvalue weighted by molar-refractivity contribution is 5.70. The van der Waals surface area contributed by atoms with Gasteiger partial charge in [-0.15, -0.1) is 0 Å². The van der Waals surface area contributed by atoms with Crippen LogP contribution in [0.4, 0.5) is 8.78 Å². The predicted octanol–water partition coefficient (Wildman–Crippen LogP) is 3.62. The van der Waals surface area contributed by atoms with Crippen molar-refractivity contribution in [1.82, 2.24) is 9.97 Å². The summed E-state index contributed by atoms with van der Waals surface area (Å²) in [7, 11) is 0. The second-order valence-electron chi connectivity index (χ2n) is 5.15. The summed E-state index contributed by atoms with van der Waals surface area (Å²) in [6, 6.07) is 5.32. The van der Waals surface area contributed by atoms with E-state index in [1.165, 1.54) is 42.9 Å². The standard InChI is InChI=1S/C17H12F2N2O3/c18-12-6-10(13-1-2-20-9-15(13)19)5-11(7-12)14(8-16(22)23)17-21-3-4-24-17/h1-7,9,14H,8H2,(H,22,23). The Bertz CT molecular complexity index is 866. The predicted molar refractivity (Wildman–Crippen MR) is 80.2 cm³/mol. The van der Waals surface area contributed by atoms with Crippen LogP contribution < -0.4 is 0 Å². The number of benzene rings is 1. The number of nitrogens with zero attached hydrogens (tertiary/aromatic N) is 2. The fourth-order valence-electron chi connectivity index (χ4n) is 2.51. The number of aliphatic carboxylic acids is 1. The van der Waals surface area contributed by atoms with Crippen molar-refractivity contribution in [2.45, 2.75) is 12.3 Å². The molecule has 1 atom stereocenters. The summed E-state index contributed by atoms with van der Waals surface area (Å²) < 4.78 is 33.1. The van der Waals surface area contributed by atoms with Crippen LogP contribution in [-0.4, -0.2) is 21.0 Å². The number of oxazole rings is 1. The molecule has 0 bridgehead atoms. The molecule has 3 aromatic rings. The maximum atomic E-state index is 14.0. The molecule has 0 spiro atoms. The van der Waals surface area contributed by atoms with E-state index in [0.717, 1.165) is 6.20 Å². The molecule has 7 heteroatoms. The Balaban J connectivity index is 2.10. The number of hydrogen-bond acceptors (Lipinski definition) is 4. The Morgan fingerprint density at radius 3 is 2.75 bits per heavy atom. The van der Waals surface area contributed by atoms with Crippen molar-refractivity contribution in [1.29, 1.82) is 0 Å². The van der Waals surface area contributed by atoms with Crippen molar-refractivity contribution in [3.05, 3.63) is 72.2 Å². The molecule has 0 aliphatic carbocycles. The van der Waals surface area contributed by atoms with Crippen molar-refractivity contribution < 1.29 is 23.1 Å². The van der Waals surface area contributed by atoms with Crippen molar-refractivity contribution in [2.75, 3.05) is 0 Å². The van der Waals surface area contributed by atoms with Gasteiger partial charge in [0.25, 0.3) is 0 Å². The van der Waals surface area contributed by atoms with Gasteiger partial charge in [0.05, 0.1) is 24.7 Å². The van der Waals surface area contributed by atoms with E-state index in [1.54, 1.807) is 0 Å². The molecule has 122 valence electrons. The molecule has 0 fully saturated rings. The average molecular weight is 330 g/mol. The number of carbonyl (C=O) groups is 1. The van der Waals surface area contributed by atoms with Crippen molar-refractivity contribution in [3.8, 4) is 11.1 Å². The first-order chi connectivity index (χ1) is 11.5. The van der Waals surface area contributed by atoms with E-state index in [2.05, 4.69) is 9.97 Å². The second kappa shape index (κ2) is 6.57. The first-order valence-electron chi connectivity index (χ1n) is 7.06. The number of hydrogen-bond donors (Lipinski definition) is 1. The van der Waals surface area contributed by atoms with Gasteiger partial charge in [-0.2, -0.15) is 0 Å². The molecule has 1 aromatic carbocycles. The summed E-state index contributed by atoms with van der Waals surface area (Å²) in [6.45, 7) is 0. The monoisotopic (exact) mass is 330 g/mol. The van der Waals surface area contributed by atoms with E-state index < -0.39 is 23.5 Å². The highest BCUT2D eigenvalue weighted by Crippen LogP contribution is 2.32. The molecule has 24 heavy (non-hydrogen) atoms. The Kier molecular flexibility index (Phi) is 4.33. The molecule has 1 unspecified atom stereocenters. The minimum atomic E-state index is -1.08. The third-order valence-corrected chi connectivity index (χ3v) is 3.53. The SMILES string of the molecule is O=C(O)CC(c1cc(F)cc(-c2ccncc2F)c1)c1ncco1. The third kappa shape index (κ3) is 3.29. The second-order valence-corrected chi connectivity index (χ2v) is 5.15. The molecule has 0 amide bonds. The Morgan fingerprint density at radius 2 is 2.08 bits per heavy atom. The highest BCUT2D eigenvalue weighted by atomic mass is 19.1. The lowest BCUT2D eigenvalue weighted by Gasteiger charge is -2.14. The first-order valence-corrected chi connectivity index (χ1v) is 7.06. The van der Waals surface area contributed by atoms with E-state index in [-0.39, 0.29) is 23.4 Å². The van der Waals surface area contributed by atoms with Crippen LogP contribution in [0.1, 0.15) is 23.8 Å². The minimum Gasteiger partial charge on any atom is -0.481 e. The summed E-state index contributed by atoms with van der Waals surface area (Å²) in [4.78, 5) is 18.8. The quantitative estimate of drug-likeness (QED) is 0.773. The molecule has 2 heterocycles. The molecule has 0 radical (unpaired) electrons. The van der Waals surface area contributed by atoms with E-state index in [9.17, 15) is 13.6 Å². The fraction of sp³-hybridized carbons (Fsp3) is 0.118. The fourth-order valence-corrected chi connectivity index (χ4v) is 2.51. The molecule has 1 N–H and O–H groups in total. The van der Waals surface area contributed by atoms with Crippen LogP contribution in [0.15, 0.2) is 53.5 Å². The van der Waals surface area contributed by atoms with Crippen LogP contribution >= 0.6 is 0 Å². The molecule has 0 saturated carbocycles. The van der Waals surface area contributed by atoms with Crippen LogP contribution in [0.2, 0.25) is 0 Å². The average Bonchev–Trinajstić information content (AvgIpc) is 3.06. The number of aromatic nitrogens is 2. The first kappa shape index (κ1) is 15.8. The van der Waals surface area contributed by atoms with Gasteiger partial charge in [0.1, 0.15) is 17.9 Å². The summed E-state index contributed by atoms with van der Waals surface area (Å²) in [5.74, 6) is -2.92. The Hall–Kier alpha value is -3.09. The van der Waals surface area contributed by atoms with Gasteiger partial charge in [0.2, 0.25) is 5.89 Å². The van der Waals surface area contributed by atoms with Gasteiger partial charge >= 0.3 is 5.97 Å². The molecule has 0 aliphatic heterocycles. The lowest BCUT2D eigenvalue weighted by molar-refractivity contribution is -0.137. The van der Waals surface area contributed by atoms with Gasteiger partial charge in [-0.25, -0.2) is 13.8 Å². The summed E-state index contributed by atoms with van der Waals surface area (Å²) in [5.41, 5.74) is 0.796. The summed E-state index contributed by atoms with van der Waals surface area (Å²) in [6.07, 6.45) is 4.79. The smallest absolute Gasteiger partial charge is 0.304 e. The van der Waals surface area contributed by atoms with Crippen LogP contribution in [0.5, 0.6) is 0 Å². The van der Waals surface area contributed by atoms with Gasteiger partial charge in [0, 0.05) is 11.8 Å². The molecule has 2 aromatic heterocycles. The molecule has 0 aliphatic rings. The number of halogens is 2. The Labute approximate surface area is 135 Å². The number of carboxylic acids is 1. The van der Waals surface area contributed by atoms with E-state index in [1.807, 2.05) is 0 Å². The normalized spacial score (nSPS) is 12.1. The van der Waals surface area contributed by atoms with Gasteiger partial charge in [-0.05, 0) is 29.3 Å². The zero-order chi connectivity index (χ0) is 17.1. The van der Waals surface area contributed by atoms with Crippen LogP contribution in [0.3, 0.4) is 0 Å². The van der Waals surface area contributed by atoms with Gasteiger partial charge in [0.15, 0.2) is 0 Å². The van der Waals surface area contributed by atoms with Crippen LogP contribution in [0, 0.1) is 11.6 Å². The van der Waals surface area contributed by atoms with E-state index >= 15 is 0 Å². The van der Waals surface area contributed by atoms with Gasteiger partial charge in [-0.3, -0.25) is 9.78 Å². The van der Waals surface area contributed by atoms with Crippen molar-refractivity contribution in [2.24, 2.45) is 0 Å². The molecule has 0 saturated heterocycles. The van der Waals surface area contributed by atoms with Gasteiger partial charge in [-0.1, -0.05) is 6.07 Å². The number of pyridine rings is 1. The van der Waals surface area contributed by atoms with Gasteiger partial charge < -0.3 is 9.52 Å². The summed E-state index contributed by atoms with van der Waals surface area (Å²) >= 11 is 0. The third-order valence-electron chi connectivity index (χ3n) is 3.53. The number of rotatable bonds is 5. The molecule has 3 rings (SSSR count).